The van der Waals surface area contributed by atoms with Gasteiger partial charge in [0.25, 0.3) is 0 Å². The van der Waals surface area contributed by atoms with Gasteiger partial charge in [0.1, 0.15) is 17.5 Å². The molecule has 0 radical (unpaired) electrons. The number of rotatable bonds is 5. The third-order valence-electron chi connectivity index (χ3n) is 3.94. The molecule has 106 valence electrons. The summed E-state index contributed by atoms with van der Waals surface area (Å²) < 4.78 is 0. The fourth-order valence-corrected chi connectivity index (χ4v) is 2.99. The SMILES string of the molecule is CCNc1nc(C)nc(N(C)CC2CCCC2)c1C. The monoisotopic (exact) mass is 262 g/mol. The Hall–Kier alpha value is -1.32. The fourth-order valence-electron chi connectivity index (χ4n) is 2.99. The summed E-state index contributed by atoms with van der Waals surface area (Å²) in [6, 6.07) is 0. The number of anilines is 2. The van der Waals surface area contributed by atoms with E-state index < -0.39 is 0 Å². The van der Waals surface area contributed by atoms with Crippen molar-refractivity contribution in [1.29, 1.82) is 0 Å². The van der Waals surface area contributed by atoms with Crippen LogP contribution in [0.1, 0.15) is 44.0 Å². The highest BCUT2D eigenvalue weighted by Crippen LogP contribution is 2.28. The molecule has 0 atom stereocenters. The van der Waals surface area contributed by atoms with Gasteiger partial charge in [0.05, 0.1) is 0 Å². The van der Waals surface area contributed by atoms with Gasteiger partial charge in [-0.25, -0.2) is 9.97 Å². The molecule has 19 heavy (non-hydrogen) atoms. The van der Waals surface area contributed by atoms with Crippen molar-refractivity contribution in [1.82, 2.24) is 9.97 Å². The first-order valence-corrected chi connectivity index (χ1v) is 7.42. The molecule has 0 unspecified atom stereocenters. The summed E-state index contributed by atoms with van der Waals surface area (Å²) in [5, 5.41) is 3.33. The van der Waals surface area contributed by atoms with Crippen molar-refractivity contribution < 1.29 is 0 Å². The van der Waals surface area contributed by atoms with Gasteiger partial charge in [-0.05, 0) is 39.5 Å². The summed E-state index contributed by atoms with van der Waals surface area (Å²) in [7, 11) is 2.16. The van der Waals surface area contributed by atoms with E-state index in [2.05, 4.69) is 41.1 Å². The molecule has 1 saturated carbocycles. The Morgan fingerprint density at radius 3 is 2.53 bits per heavy atom. The van der Waals surface area contributed by atoms with E-state index in [9.17, 15) is 0 Å². The molecule has 4 heteroatoms. The number of aromatic nitrogens is 2. The van der Waals surface area contributed by atoms with Crippen molar-refractivity contribution in [3.05, 3.63) is 11.4 Å². The van der Waals surface area contributed by atoms with E-state index >= 15 is 0 Å². The molecule has 1 aliphatic rings. The predicted molar refractivity (Wildman–Crippen MR) is 80.9 cm³/mol. The molecule has 1 aliphatic carbocycles. The third kappa shape index (κ3) is 3.37. The molecule has 0 bridgehead atoms. The van der Waals surface area contributed by atoms with Gasteiger partial charge in [-0.15, -0.1) is 0 Å². The summed E-state index contributed by atoms with van der Waals surface area (Å²) in [5.74, 6) is 3.73. The first-order chi connectivity index (χ1) is 9.11. The van der Waals surface area contributed by atoms with Crippen molar-refractivity contribution in [3.8, 4) is 0 Å². The first kappa shape index (κ1) is 14.1. The van der Waals surface area contributed by atoms with Gasteiger partial charge in [-0.1, -0.05) is 12.8 Å². The molecule has 0 aromatic carbocycles. The lowest BCUT2D eigenvalue weighted by Crippen LogP contribution is -2.26. The van der Waals surface area contributed by atoms with Crippen LogP contribution in [0, 0.1) is 19.8 Å². The fraction of sp³-hybridized carbons (Fsp3) is 0.733. The molecule has 1 N–H and O–H groups in total. The lowest BCUT2D eigenvalue weighted by molar-refractivity contribution is 0.544. The van der Waals surface area contributed by atoms with Crippen molar-refractivity contribution >= 4 is 11.6 Å². The largest absolute Gasteiger partial charge is 0.370 e. The number of nitrogens with zero attached hydrogens (tertiary/aromatic N) is 3. The van der Waals surface area contributed by atoms with Crippen LogP contribution in [0.2, 0.25) is 0 Å². The Morgan fingerprint density at radius 1 is 1.21 bits per heavy atom. The summed E-state index contributed by atoms with van der Waals surface area (Å²) in [6.45, 7) is 8.18. The standard InChI is InChI=1S/C15H26N4/c1-5-16-14-11(2)15(18-12(3)17-14)19(4)10-13-8-6-7-9-13/h13H,5-10H2,1-4H3,(H,16,17,18). The average molecular weight is 262 g/mol. The Labute approximate surface area is 116 Å². The van der Waals surface area contributed by atoms with E-state index in [4.69, 9.17) is 0 Å². The van der Waals surface area contributed by atoms with Crippen molar-refractivity contribution in [2.45, 2.75) is 46.5 Å². The summed E-state index contributed by atoms with van der Waals surface area (Å²) in [5.41, 5.74) is 1.16. The van der Waals surface area contributed by atoms with Crippen LogP contribution in [0.5, 0.6) is 0 Å². The van der Waals surface area contributed by atoms with Crippen LogP contribution in [0.3, 0.4) is 0 Å². The van der Waals surface area contributed by atoms with Crippen LogP contribution in [0.15, 0.2) is 0 Å². The lowest BCUT2D eigenvalue weighted by Gasteiger charge is -2.24. The normalized spacial score (nSPS) is 15.8. The van der Waals surface area contributed by atoms with Crippen LogP contribution >= 0.6 is 0 Å². The molecule has 0 spiro atoms. The molecule has 1 heterocycles. The molecule has 1 aromatic heterocycles. The average Bonchev–Trinajstić information content (AvgIpc) is 2.86. The second-order valence-electron chi connectivity index (χ2n) is 5.63. The smallest absolute Gasteiger partial charge is 0.137 e. The second kappa shape index (κ2) is 6.22. The Bertz CT molecular complexity index is 424. The van der Waals surface area contributed by atoms with Gasteiger partial charge in [0.15, 0.2) is 0 Å². The number of nitrogens with one attached hydrogen (secondary N) is 1. The van der Waals surface area contributed by atoms with Gasteiger partial charge in [0.2, 0.25) is 0 Å². The van der Waals surface area contributed by atoms with Crippen molar-refractivity contribution in [2.24, 2.45) is 5.92 Å². The van der Waals surface area contributed by atoms with E-state index in [1.165, 1.54) is 25.7 Å². The maximum absolute atomic E-state index is 4.63. The topological polar surface area (TPSA) is 41.1 Å². The molecular formula is C15H26N4. The number of hydrogen-bond acceptors (Lipinski definition) is 4. The Morgan fingerprint density at radius 2 is 1.89 bits per heavy atom. The number of hydrogen-bond donors (Lipinski definition) is 1. The maximum Gasteiger partial charge on any atom is 0.137 e. The molecule has 1 aromatic rings. The minimum Gasteiger partial charge on any atom is -0.370 e. The highest BCUT2D eigenvalue weighted by molar-refractivity contribution is 5.58. The van der Waals surface area contributed by atoms with E-state index in [0.29, 0.717) is 0 Å². The Balaban J connectivity index is 2.17. The molecule has 1 fully saturated rings. The van der Waals surface area contributed by atoms with E-state index in [0.717, 1.165) is 42.0 Å². The highest BCUT2D eigenvalue weighted by atomic mass is 15.2. The van der Waals surface area contributed by atoms with Gasteiger partial charge in [-0.3, -0.25) is 0 Å². The summed E-state index contributed by atoms with van der Waals surface area (Å²) in [4.78, 5) is 11.4. The molecular weight excluding hydrogens is 236 g/mol. The summed E-state index contributed by atoms with van der Waals surface area (Å²) >= 11 is 0. The maximum atomic E-state index is 4.63. The van der Waals surface area contributed by atoms with Gasteiger partial charge in [-0.2, -0.15) is 0 Å². The minimum atomic E-state index is 0.835. The summed E-state index contributed by atoms with van der Waals surface area (Å²) in [6.07, 6.45) is 5.52. The van der Waals surface area contributed by atoms with Crippen LogP contribution in [0.25, 0.3) is 0 Å². The zero-order valence-electron chi connectivity index (χ0n) is 12.7. The first-order valence-electron chi connectivity index (χ1n) is 7.42. The third-order valence-corrected chi connectivity index (χ3v) is 3.94. The van der Waals surface area contributed by atoms with Crippen LogP contribution in [-0.2, 0) is 0 Å². The molecule has 0 amide bonds. The van der Waals surface area contributed by atoms with Gasteiger partial charge < -0.3 is 10.2 Å². The van der Waals surface area contributed by atoms with Gasteiger partial charge >= 0.3 is 0 Å². The van der Waals surface area contributed by atoms with Crippen molar-refractivity contribution in [2.75, 3.05) is 30.4 Å². The van der Waals surface area contributed by atoms with Crippen molar-refractivity contribution in [3.63, 3.8) is 0 Å². The van der Waals surface area contributed by atoms with Crippen LogP contribution in [0.4, 0.5) is 11.6 Å². The second-order valence-corrected chi connectivity index (χ2v) is 5.63. The molecule has 0 aliphatic heterocycles. The zero-order valence-corrected chi connectivity index (χ0v) is 12.7. The quantitative estimate of drug-likeness (QED) is 0.885. The van der Waals surface area contributed by atoms with E-state index in [1.54, 1.807) is 0 Å². The molecule has 2 rings (SSSR count). The molecule has 4 nitrogen and oxygen atoms in total. The van der Waals surface area contributed by atoms with E-state index in [-0.39, 0.29) is 0 Å². The number of aryl methyl sites for hydroxylation is 1. The van der Waals surface area contributed by atoms with Crippen LogP contribution in [-0.4, -0.2) is 30.1 Å². The van der Waals surface area contributed by atoms with Gasteiger partial charge in [0, 0.05) is 25.7 Å². The Kier molecular flexibility index (Phi) is 4.61. The lowest BCUT2D eigenvalue weighted by atomic mass is 10.1. The minimum absolute atomic E-state index is 0.835. The zero-order chi connectivity index (χ0) is 13.8. The molecule has 0 saturated heterocycles. The van der Waals surface area contributed by atoms with E-state index in [1.807, 2.05) is 6.92 Å². The van der Waals surface area contributed by atoms with Crippen LogP contribution < -0.4 is 10.2 Å². The predicted octanol–water partition coefficient (Wildman–Crippen LogP) is 3.15. The highest BCUT2D eigenvalue weighted by Gasteiger charge is 2.19.